The van der Waals surface area contributed by atoms with Gasteiger partial charge in [-0.15, -0.1) is 0 Å². The highest BCUT2D eigenvalue weighted by Gasteiger charge is 2.10. The van der Waals surface area contributed by atoms with Gasteiger partial charge in [0.05, 0.1) is 13.7 Å². The third-order valence-corrected chi connectivity index (χ3v) is 5.00. The summed E-state index contributed by atoms with van der Waals surface area (Å²) >= 11 is 0. The molecule has 0 atom stereocenters. The van der Waals surface area contributed by atoms with E-state index < -0.39 is 11.9 Å². The molecule has 0 radical (unpaired) electrons. The smallest absolute Gasteiger partial charge is 0.306 e. The standard InChI is InChI=1S/C27H28N2O6/c1-3-34-24-15-11-22(12-16-24)29-27(32)20-7-9-21(10-8-20)28-25(30)18-35-26(31)17-6-19-4-13-23(33-2)14-5-19/h4-5,7-16H,3,6,17-18H2,1-2H3,(H,28,30)(H,29,32). The monoisotopic (exact) mass is 476 g/mol. The fourth-order valence-electron chi connectivity index (χ4n) is 3.16. The molecule has 0 aromatic heterocycles. The zero-order valence-electron chi connectivity index (χ0n) is 19.7. The SMILES string of the molecule is CCOc1ccc(NC(=O)c2ccc(NC(=O)COC(=O)CCc3ccc(OC)cc3)cc2)cc1. The van der Waals surface area contributed by atoms with Crippen molar-refractivity contribution in [3.63, 3.8) is 0 Å². The van der Waals surface area contributed by atoms with Crippen LogP contribution in [-0.2, 0) is 20.7 Å². The highest BCUT2D eigenvalue weighted by atomic mass is 16.5. The van der Waals surface area contributed by atoms with E-state index in [1.165, 1.54) is 0 Å². The minimum Gasteiger partial charge on any atom is -0.497 e. The van der Waals surface area contributed by atoms with Gasteiger partial charge < -0.3 is 24.8 Å². The molecule has 0 aliphatic heterocycles. The van der Waals surface area contributed by atoms with Crippen LogP contribution in [0.15, 0.2) is 72.8 Å². The van der Waals surface area contributed by atoms with Crippen LogP contribution >= 0.6 is 0 Å². The second-order valence-electron chi connectivity index (χ2n) is 7.55. The maximum Gasteiger partial charge on any atom is 0.306 e. The van der Waals surface area contributed by atoms with Gasteiger partial charge in [0.2, 0.25) is 0 Å². The third-order valence-electron chi connectivity index (χ3n) is 5.00. The number of rotatable bonds is 11. The lowest BCUT2D eigenvalue weighted by Gasteiger charge is -2.09. The first-order chi connectivity index (χ1) is 17.0. The van der Waals surface area contributed by atoms with E-state index in [0.717, 1.165) is 17.1 Å². The number of hydrogen-bond donors (Lipinski definition) is 2. The van der Waals surface area contributed by atoms with E-state index in [-0.39, 0.29) is 18.9 Å². The molecule has 0 spiro atoms. The van der Waals surface area contributed by atoms with E-state index in [4.69, 9.17) is 14.2 Å². The molecule has 35 heavy (non-hydrogen) atoms. The Labute approximate surface area is 204 Å². The van der Waals surface area contributed by atoms with Crippen molar-refractivity contribution in [1.82, 2.24) is 0 Å². The van der Waals surface area contributed by atoms with Crippen LogP contribution in [0.2, 0.25) is 0 Å². The molecule has 8 heteroatoms. The molecule has 182 valence electrons. The lowest BCUT2D eigenvalue weighted by Crippen LogP contribution is -2.21. The van der Waals surface area contributed by atoms with Crippen molar-refractivity contribution in [2.45, 2.75) is 19.8 Å². The van der Waals surface area contributed by atoms with Gasteiger partial charge in [0.15, 0.2) is 6.61 Å². The van der Waals surface area contributed by atoms with Gasteiger partial charge in [0, 0.05) is 23.4 Å². The van der Waals surface area contributed by atoms with Crippen LogP contribution in [0.25, 0.3) is 0 Å². The van der Waals surface area contributed by atoms with Gasteiger partial charge >= 0.3 is 5.97 Å². The van der Waals surface area contributed by atoms with Gasteiger partial charge in [-0.25, -0.2) is 0 Å². The Morgan fingerprint density at radius 2 is 1.37 bits per heavy atom. The molecule has 0 heterocycles. The van der Waals surface area contributed by atoms with Crippen molar-refractivity contribution in [3.05, 3.63) is 83.9 Å². The summed E-state index contributed by atoms with van der Waals surface area (Å²) in [7, 11) is 1.59. The number of anilines is 2. The maximum atomic E-state index is 12.4. The average Bonchev–Trinajstić information content (AvgIpc) is 2.88. The van der Waals surface area contributed by atoms with E-state index in [1.54, 1.807) is 55.6 Å². The minimum atomic E-state index is -0.464. The Morgan fingerprint density at radius 3 is 2.00 bits per heavy atom. The zero-order chi connectivity index (χ0) is 25.0. The molecule has 0 saturated carbocycles. The van der Waals surface area contributed by atoms with E-state index in [9.17, 15) is 14.4 Å². The number of aryl methyl sites for hydroxylation is 1. The zero-order valence-corrected chi connectivity index (χ0v) is 19.7. The van der Waals surface area contributed by atoms with Crippen molar-refractivity contribution < 1.29 is 28.6 Å². The average molecular weight is 477 g/mol. The van der Waals surface area contributed by atoms with E-state index in [0.29, 0.717) is 30.0 Å². The number of nitrogens with one attached hydrogen (secondary N) is 2. The molecule has 3 aromatic carbocycles. The number of amides is 2. The normalized spacial score (nSPS) is 10.2. The molecule has 3 rings (SSSR count). The van der Waals surface area contributed by atoms with Gasteiger partial charge in [-0.1, -0.05) is 12.1 Å². The maximum absolute atomic E-state index is 12.4. The van der Waals surface area contributed by atoms with E-state index >= 15 is 0 Å². The summed E-state index contributed by atoms with van der Waals surface area (Å²) in [5, 5.41) is 5.45. The van der Waals surface area contributed by atoms with Crippen LogP contribution in [0.4, 0.5) is 11.4 Å². The quantitative estimate of drug-likeness (QED) is 0.396. The molecule has 3 aromatic rings. The highest BCUT2D eigenvalue weighted by Crippen LogP contribution is 2.17. The topological polar surface area (TPSA) is 103 Å². The molecule has 8 nitrogen and oxygen atoms in total. The molecule has 0 aliphatic rings. The van der Waals surface area contributed by atoms with Crippen molar-refractivity contribution in [2.24, 2.45) is 0 Å². The van der Waals surface area contributed by atoms with Crippen LogP contribution in [0, 0.1) is 0 Å². The molecule has 0 aliphatic carbocycles. The van der Waals surface area contributed by atoms with Crippen LogP contribution in [-0.4, -0.2) is 38.1 Å². The summed E-state index contributed by atoms with van der Waals surface area (Å²) in [4.78, 5) is 36.5. The van der Waals surface area contributed by atoms with Crippen LogP contribution in [0.1, 0.15) is 29.3 Å². The van der Waals surface area contributed by atoms with Crippen molar-refractivity contribution in [2.75, 3.05) is 31.0 Å². The molecule has 0 unspecified atom stereocenters. The Kier molecular flexibility index (Phi) is 9.24. The van der Waals surface area contributed by atoms with Gasteiger partial charge in [-0.05, 0) is 79.6 Å². The van der Waals surface area contributed by atoms with Gasteiger partial charge in [0.25, 0.3) is 11.8 Å². The Balaban J connectivity index is 1.40. The predicted molar refractivity (Wildman–Crippen MR) is 133 cm³/mol. The molecule has 2 N–H and O–H groups in total. The number of esters is 1. The van der Waals surface area contributed by atoms with Crippen LogP contribution < -0.4 is 20.1 Å². The second-order valence-corrected chi connectivity index (χ2v) is 7.55. The second kappa shape index (κ2) is 12.8. The van der Waals surface area contributed by atoms with Crippen LogP contribution in [0.3, 0.4) is 0 Å². The first-order valence-electron chi connectivity index (χ1n) is 11.2. The molecule has 0 bridgehead atoms. The number of hydrogen-bond acceptors (Lipinski definition) is 6. The molecule has 0 fully saturated rings. The van der Waals surface area contributed by atoms with E-state index in [1.807, 2.05) is 31.2 Å². The summed E-state index contributed by atoms with van der Waals surface area (Å²) in [6, 6.07) is 20.9. The van der Waals surface area contributed by atoms with Gasteiger partial charge in [-0.3, -0.25) is 14.4 Å². The molecule has 2 amide bonds. The third kappa shape index (κ3) is 8.19. The van der Waals surface area contributed by atoms with Crippen molar-refractivity contribution in [3.8, 4) is 11.5 Å². The fourth-order valence-corrected chi connectivity index (χ4v) is 3.16. The first-order valence-corrected chi connectivity index (χ1v) is 11.2. The summed E-state index contributed by atoms with van der Waals surface area (Å²) in [6.07, 6.45) is 0.669. The van der Waals surface area contributed by atoms with Gasteiger partial charge in [0.1, 0.15) is 11.5 Å². The summed E-state index contributed by atoms with van der Waals surface area (Å²) in [5.41, 5.74) is 2.53. The Hall–Kier alpha value is -4.33. The Bertz CT molecular complexity index is 1130. The largest absolute Gasteiger partial charge is 0.497 e. The lowest BCUT2D eigenvalue weighted by atomic mass is 10.1. The summed E-state index contributed by atoms with van der Waals surface area (Å²) < 4.78 is 15.5. The molecular weight excluding hydrogens is 448 g/mol. The highest BCUT2D eigenvalue weighted by molar-refractivity contribution is 6.04. The molecular formula is C27H28N2O6. The summed E-state index contributed by atoms with van der Waals surface area (Å²) in [5.74, 6) is 0.271. The molecule has 0 saturated heterocycles. The number of carbonyl (C=O) groups is 3. The Morgan fingerprint density at radius 1 is 0.771 bits per heavy atom. The number of benzene rings is 3. The van der Waals surface area contributed by atoms with Crippen molar-refractivity contribution >= 4 is 29.2 Å². The lowest BCUT2D eigenvalue weighted by molar-refractivity contribution is -0.147. The number of methoxy groups -OCH3 is 1. The van der Waals surface area contributed by atoms with E-state index in [2.05, 4.69) is 10.6 Å². The minimum absolute atomic E-state index is 0.164. The van der Waals surface area contributed by atoms with Crippen molar-refractivity contribution in [1.29, 1.82) is 0 Å². The van der Waals surface area contributed by atoms with Crippen LogP contribution in [0.5, 0.6) is 11.5 Å². The number of carbonyl (C=O) groups excluding carboxylic acids is 3. The first kappa shape index (κ1) is 25.3. The predicted octanol–water partition coefficient (Wildman–Crippen LogP) is 4.46. The number of ether oxygens (including phenoxy) is 3. The summed E-state index contributed by atoms with van der Waals surface area (Å²) in [6.45, 7) is 2.09. The van der Waals surface area contributed by atoms with Gasteiger partial charge in [-0.2, -0.15) is 0 Å². The fraction of sp³-hybridized carbons (Fsp3) is 0.222.